The van der Waals surface area contributed by atoms with Crippen LogP contribution in [0.15, 0.2) is 5.38 Å². The molecule has 0 aliphatic rings. The first-order valence-electron chi connectivity index (χ1n) is 6.02. The Kier molecular flexibility index (Phi) is 5.95. The number of hydrogen-bond acceptors (Lipinski definition) is 4. The van der Waals surface area contributed by atoms with Gasteiger partial charge in [0.1, 0.15) is 5.01 Å². The number of aromatic nitrogens is 1. The van der Waals surface area contributed by atoms with Crippen LogP contribution in [0.3, 0.4) is 0 Å². The van der Waals surface area contributed by atoms with E-state index in [0.717, 1.165) is 25.2 Å². The molecule has 0 fully saturated rings. The highest BCUT2D eigenvalue weighted by Gasteiger charge is 2.08. The second-order valence-corrected chi connectivity index (χ2v) is 5.14. The third-order valence-corrected chi connectivity index (χ3v) is 3.73. The Bertz CT molecular complexity index is 298. The molecule has 1 heterocycles. The van der Waals surface area contributed by atoms with E-state index in [1.54, 1.807) is 11.3 Å². The molecule has 0 spiro atoms. The van der Waals surface area contributed by atoms with Crippen LogP contribution >= 0.6 is 11.3 Å². The summed E-state index contributed by atoms with van der Waals surface area (Å²) >= 11 is 1.74. The van der Waals surface area contributed by atoms with Crippen molar-refractivity contribution in [3.63, 3.8) is 0 Å². The molecule has 1 aromatic rings. The fourth-order valence-electron chi connectivity index (χ4n) is 1.63. The van der Waals surface area contributed by atoms with Gasteiger partial charge in [0.25, 0.3) is 0 Å². The summed E-state index contributed by atoms with van der Waals surface area (Å²) in [6.45, 7) is 10.7. The Morgan fingerprint density at radius 2 is 2.12 bits per heavy atom. The number of thiazole rings is 1. The van der Waals surface area contributed by atoms with Crippen LogP contribution in [-0.2, 0) is 0 Å². The van der Waals surface area contributed by atoms with Crippen molar-refractivity contribution in [2.45, 2.75) is 46.2 Å². The molecule has 1 aromatic heterocycles. The molecule has 16 heavy (non-hydrogen) atoms. The Balaban J connectivity index is 2.22. The van der Waals surface area contributed by atoms with Crippen LogP contribution in [0.5, 0.6) is 0 Å². The van der Waals surface area contributed by atoms with Crippen molar-refractivity contribution in [2.75, 3.05) is 13.1 Å². The Hall–Kier alpha value is -0.450. The van der Waals surface area contributed by atoms with Crippen molar-refractivity contribution in [1.29, 1.82) is 0 Å². The molecule has 2 N–H and O–H groups in total. The summed E-state index contributed by atoms with van der Waals surface area (Å²) in [6.07, 6.45) is 1.16. The van der Waals surface area contributed by atoms with E-state index in [-0.39, 0.29) is 0 Å². The van der Waals surface area contributed by atoms with Gasteiger partial charge in [-0.1, -0.05) is 6.92 Å². The van der Waals surface area contributed by atoms with Crippen LogP contribution < -0.4 is 10.6 Å². The van der Waals surface area contributed by atoms with Crippen LogP contribution in [0.1, 0.15) is 43.9 Å². The van der Waals surface area contributed by atoms with Gasteiger partial charge in [-0.25, -0.2) is 4.98 Å². The van der Waals surface area contributed by atoms with Crippen molar-refractivity contribution in [3.05, 3.63) is 16.1 Å². The monoisotopic (exact) mass is 241 g/mol. The normalized spacial score (nSPS) is 15.0. The van der Waals surface area contributed by atoms with Crippen molar-refractivity contribution < 1.29 is 0 Å². The van der Waals surface area contributed by atoms with Crippen molar-refractivity contribution >= 4 is 11.3 Å². The van der Waals surface area contributed by atoms with Gasteiger partial charge in [0.15, 0.2) is 0 Å². The zero-order chi connectivity index (χ0) is 12.0. The minimum Gasteiger partial charge on any atom is -0.314 e. The van der Waals surface area contributed by atoms with Gasteiger partial charge >= 0.3 is 0 Å². The highest BCUT2D eigenvalue weighted by atomic mass is 32.1. The summed E-state index contributed by atoms with van der Waals surface area (Å²) in [5.74, 6) is 0. The smallest absolute Gasteiger partial charge is 0.110 e. The third kappa shape index (κ3) is 4.60. The predicted molar refractivity (Wildman–Crippen MR) is 71.0 cm³/mol. The molecule has 0 saturated heterocycles. The SMILES string of the molecule is CCNC(C)CCNC(C)c1nc(C)cs1. The molecule has 2 unspecified atom stereocenters. The molecule has 0 amide bonds. The summed E-state index contributed by atoms with van der Waals surface area (Å²) in [7, 11) is 0. The highest BCUT2D eigenvalue weighted by molar-refractivity contribution is 7.09. The first-order valence-corrected chi connectivity index (χ1v) is 6.90. The van der Waals surface area contributed by atoms with Gasteiger partial charge in [-0.05, 0) is 40.3 Å². The minimum absolute atomic E-state index is 0.368. The van der Waals surface area contributed by atoms with Gasteiger partial charge in [-0.3, -0.25) is 0 Å². The molecule has 0 saturated carbocycles. The molecule has 0 aliphatic carbocycles. The number of rotatable bonds is 7. The van der Waals surface area contributed by atoms with E-state index >= 15 is 0 Å². The van der Waals surface area contributed by atoms with Crippen LogP contribution in [0.25, 0.3) is 0 Å². The maximum Gasteiger partial charge on any atom is 0.110 e. The van der Waals surface area contributed by atoms with E-state index in [0.29, 0.717) is 12.1 Å². The molecule has 2 atom stereocenters. The topological polar surface area (TPSA) is 37.0 Å². The number of aryl methyl sites for hydroxylation is 1. The van der Waals surface area contributed by atoms with Gasteiger partial charge in [0.2, 0.25) is 0 Å². The number of nitrogens with one attached hydrogen (secondary N) is 2. The first-order chi connectivity index (χ1) is 7.63. The number of hydrogen-bond donors (Lipinski definition) is 2. The molecule has 4 heteroatoms. The van der Waals surface area contributed by atoms with Crippen molar-refractivity contribution in [2.24, 2.45) is 0 Å². The molecule has 3 nitrogen and oxygen atoms in total. The zero-order valence-corrected chi connectivity index (χ0v) is 11.5. The van der Waals surface area contributed by atoms with E-state index in [9.17, 15) is 0 Å². The highest BCUT2D eigenvalue weighted by Crippen LogP contribution is 2.17. The lowest BCUT2D eigenvalue weighted by Gasteiger charge is -2.15. The second-order valence-electron chi connectivity index (χ2n) is 4.25. The molecule has 0 bridgehead atoms. The van der Waals surface area contributed by atoms with Crippen LogP contribution in [0, 0.1) is 6.92 Å². The predicted octanol–water partition coefficient (Wildman–Crippen LogP) is 2.49. The lowest BCUT2D eigenvalue weighted by molar-refractivity contribution is 0.478. The number of nitrogens with zero attached hydrogens (tertiary/aromatic N) is 1. The summed E-state index contributed by atoms with van der Waals surface area (Å²) < 4.78 is 0. The van der Waals surface area contributed by atoms with Gasteiger partial charge in [0.05, 0.1) is 6.04 Å². The Morgan fingerprint density at radius 1 is 1.38 bits per heavy atom. The van der Waals surface area contributed by atoms with E-state index in [1.807, 2.05) is 6.92 Å². The zero-order valence-electron chi connectivity index (χ0n) is 10.7. The van der Waals surface area contributed by atoms with Gasteiger partial charge in [-0.15, -0.1) is 11.3 Å². The van der Waals surface area contributed by atoms with E-state index in [1.165, 1.54) is 5.01 Å². The lowest BCUT2D eigenvalue weighted by Crippen LogP contribution is -2.30. The average Bonchev–Trinajstić information content (AvgIpc) is 2.65. The quantitative estimate of drug-likeness (QED) is 0.770. The van der Waals surface area contributed by atoms with E-state index in [2.05, 4.69) is 41.8 Å². The fraction of sp³-hybridized carbons (Fsp3) is 0.750. The van der Waals surface area contributed by atoms with Crippen LogP contribution in [0.2, 0.25) is 0 Å². The summed E-state index contributed by atoms with van der Waals surface area (Å²) in [5, 5.41) is 10.2. The standard InChI is InChI=1S/C12H23N3S/c1-5-13-9(2)6-7-14-11(4)12-15-10(3)8-16-12/h8-9,11,13-14H,5-7H2,1-4H3. The van der Waals surface area contributed by atoms with E-state index in [4.69, 9.17) is 0 Å². The minimum atomic E-state index is 0.368. The third-order valence-electron chi connectivity index (χ3n) is 2.59. The summed E-state index contributed by atoms with van der Waals surface area (Å²) in [4.78, 5) is 4.49. The molecule has 0 aromatic carbocycles. The fourth-order valence-corrected chi connectivity index (χ4v) is 2.45. The molecular weight excluding hydrogens is 218 g/mol. The Labute approximate surface area is 103 Å². The van der Waals surface area contributed by atoms with Crippen LogP contribution in [-0.4, -0.2) is 24.1 Å². The van der Waals surface area contributed by atoms with Crippen molar-refractivity contribution in [1.82, 2.24) is 15.6 Å². The Morgan fingerprint density at radius 3 is 2.69 bits per heavy atom. The molecule has 0 aliphatic heterocycles. The summed E-state index contributed by atoms with van der Waals surface area (Å²) in [5.41, 5.74) is 1.12. The molecule has 0 radical (unpaired) electrons. The van der Waals surface area contributed by atoms with Crippen molar-refractivity contribution in [3.8, 4) is 0 Å². The first kappa shape index (κ1) is 13.6. The second kappa shape index (κ2) is 6.99. The van der Waals surface area contributed by atoms with Gasteiger partial charge < -0.3 is 10.6 Å². The largest absolute Gasteiger partial charge is 0.314 e. The maximum atomic E-state index is 4.49. The summed E-state index contributed by atoms with van der Waals surface area (Å²) in [6, 6.07) is 0.954. The molecular formula is C12H23N3S. The maximum absolute atomic E-state index is 4.49. The van der Waals surface area contributed by atoms with E-state index < -0.39 is 0 Å². The average molecular weight is 241 g/mol. The van der Waals surface area contributed by atoms with Crippen LogP contribution in [0.4, 0.5) is 0 Å². The van der Waals surface area contributed by atoms with Gasteiger partial charge in [0, 0.05) is 17.1 Å². The lowest BCUT2D eigenvalue weighted by atomic mass is 10.2. The molecule has 92 valence electrons. The van der Waals surface area contributed by atoms with Gasteiger partial charge in [-0.2, -0.15) is 0 Å². The molecule has 1 rings (SSSR count).